The van der Waals surface area contributed by atoms with Crippen molar-refractivity contribution in [1.82, 2.24) is 4.98 Å². The first-order valence-electron chi connectivity index (χ1n) is 4.38. The van der Waals surface area contributed by atoms with Crippen LogP contribution in [-0.4, -0.2) is 4.98 Å². The van der Waals surface area contributed by atoms with Crippen LogP contribution < -0.4 is 5.73 Å². The molecule has 1 aliphatic rings. The smallest absolute Gasteiger partial charge is 0.110 e. The Balaban J connectivity index is 2.21. The Hall–Kier alpha value is -0.410. The summed E-state index contributed by atoms with van der Waals surface area (Å²) >= 11 is 1.75. The maximum atomic E-state index is 6.03. The highest BCUT2D eigenvalue weighted by Crippen LogP contribution is 2.40. The molecule has 3 heteroatoms. The minimum Gasteiger partial charge on any atom is -0.322 e. The zero-order chi connectivity index (χ0) is 8.72. The van der Waals surface area contributed by atoms with E-state index in [0.717, 1.165) is 16.6 Å². The van der Waals surface area contributed by atoms with Gasteiger partial charge in [-0.1, -0.05) is 0 Å². The molecule has 2 nitrogen and oxygen atoms in total. The lowest BCUT2D eigenvalue weighted by Gasteiger charge is -2.04. The molecule has 2 rings (SSSR count). The van der Waals surface area contributed by atoms with Gasteiger partial charge in [-0.15, -0.1) is 11.3 Å². The summed E-state index contributed by atoms with van der Waals surface area (Å²) in [5.41, 5.74) is 7.17. The van der Waals surface area contributed by atoms with Crippen LogP contribution in [-0.2, 0) is 0 Å². The summed E-state index contributed by atoms with van der Waals surface area (Å²) in [6.07, 6.45) is 2.58. The number of thiazole rings is 1. The van der Waals surface area contributed by atoms with E-state index in [-0.39, 0.29) is 6.04 Å². The van der Waals surface area contributed by atoms with Crippen LogP contribution in [0.5, 0.6) is 0 Å². The molecule has 1 atom stereocenters. The number of nitrogens with two attached hydrogens (primary N) is 1. The van der Waals surface area contributed by atoms with E-state index in [1.54, 1.807) is 11.3 Å². The van der Waals surface area contributed by atoms with E-state index < -0.39 is 0 Å². The third kappa shape index (κ3) is 1.39. The molecule has 1 aromatic rings. The molecule has 1 saturated carbocycles. The van der Waals surface area contributed by atoms with Crippen molar-refractivity contribution in [2.45, 2.75) is 32.7 Å². The molecule has 0 amide bonds. The van der Waals surface area contributed by atoms with Gasteiger partial charge < -0.3 is 5.73 Å². The Bertz CT molecular complexity index is 269. The molecule has 1 aliphatic carbocycles. The normalized spacial score (nSPS) is 19.6. The summed E-state index contributed by atoms with van der Waals surface area (Å²) < 4.78 is 0. The SMILES string of the molecule is Cc1nc(C(N)C2CC2)sc1C. The van der Waals surface area contributed by atoms with Gasteiger partial charge in [-0.2, -0.15) is 0 Å². The molecular weight excluding hydrogens is 168 g/mol. The number of aromatic nitrogens is 1. The molecule has 12 heavy (non-hydrogen) atoms. The van der Waals surface area contributed by atoms with Crippen molar-refractivity contribution in [3.63, 3.8) is 0 Å². The second-order valence-corrected chi connectivity index (χ2v) is 4.79. The van der Waals surface area contributed by atoms with Crippen LogP contribution in [0.1, 0.15) is 34.5 Å². The van der Waals surface area contributed by atoms with Gasteiger partial charge in [0, 0.05) is 4.88 Å². The largest absolute Gasteiger partial charge is 0.322 e. The Kier molecular flexibility index (Phi) is 1.93. The monoisotopic (exact) mass is 182 g/mol. The van der Waals surface area contributed by atoms with Crippen LogP contribution in [0.15, 0.2) is 0 Å². The van der Waals surface area contributed by atoms with E-state index in [2.05, 4.69) is 18.8 Å². The van der Waals surface area contributed by atoms with E-state index in [4.69, 9.17) is 5.73 Å². The first-order chi connectivity index (χ1) is 5.68. The zero-order valence-electron chi connectivity index (χ0n) is 7.50. The highest BCUT2D eigenvalue weighted by atomic mass is 32.1. The Labute approximate surface area is 76.8 Å². The molecule has 0 bridgehead atoms. The van der Waals surface area contributed by atoms with E-state index >= 15 is 0 Å². The molecule has 0 saturated heterocycles. The van der Waals surface area contributed by atoms with Crippen LogP contribution in [0, 0.1) is 19.8 Å². The molecule has 1 heterocycles. The lowest BCUT2D eigenvalue weighted by atomic mass is 10.2. The number of hydrogen-bond donors (Lipinski definition) is 1. The van der Waals surface area contributed by atoms with Gasteiger partial charge in [-0.05, 0) is 32.6 Å². The third-order valence-electron chi connectivity index (χ3n) is 2.46. The highest BCUT2D eigenvalue weighted by Gasteiger charge is 2.31. The van der Waals surface area contributed by atoms with Gasteiger partial charge in [0.1, 0.15) is 5.01 Å². The highest BCUT2D eigenvalue weighted by molar-refractivity contribution is 7.11. The van der Waals surface area contributed by atoms with Crippen LogP contribution in [0.25, 0.3) is 0 Å². The molecule has 0 aliphatic heterocycles. The van der Waals surface area contributed by atoms with Gasteiger partial charge in [0.25, 0.3) is 0 Å². The predicted octanol–water partition coefficient (Wildman–Crippen LogP) is 2.17. The lowest BCUT2D eigenvalue weighted by Crippen LogP contribution is -2.11. The summed E-state index contributed by atoms with van der Waals surface area (Å²) in [4.78, 5) is 5.77. The summed E-state index contributed by atoms with van der Waals surface area (Å²) in [6.45, 7) is 4.16. The molecule has 1 unspecified atom stereocenters. The predicted molar refractivity (Wildman–Crippen MR) is 51.2 cm³/mol. The molecule has 1 fully saturated rings. The fourth-order valence-corrected chi connectivity index (χ4v) is 2.32. The van der Waals surface area contributed by atoms with Gasteiger partial charge >= 0.3 is 0 Å². The van der Waals surface area contributed by atoms with Crippen LogP contribution in [0.2, 0.25) is 0 Å². The number of rotatable bonds is 2. The number of aryl methyl sites for hydroxylation is 2. The van der Waals surface area contributed by atoms with E-state index in [9.17, 15) is 0 Å². The standard InChI is InChI=1S/C9H14N2S/c1-5-6(2)12-9(11-5)8(10)7-3-4-7/h7-8H,3-4,10H2,1-2H3. The second-order valence-electron chi connectivity index (χ2n) is 3.56. The van der Waals surface area contributed by atoms with Crippen molar-refractivity contribution >= 4 is 11.3 Å². The third-order valence-corrected chi connectivity index (χ3v) is 3.63. The second kappa shape index (κ2) is 2.82. The summed E-state index contributed by atoms with van der Waals surface area (Å²) in [5.74, 6) is 0.718. The molecule has 0 aromatic carbocycles. The minimum atomic E-state index is 0.211. The van der Waals surface area contributed by atoms with Crippen LogP contribution in [0.4, 0.5) is 0 Å². The van der Waals surface area contributed by atoms with Crippen molar-refractivity contribution in [3.05, 3.63) is 15.6 Å². The summed E-state index contributed by atoms with van der Waals surface area (Å²) in [7, 11) is 0. The van der Waals surface area contributed by atoms with Gasteiger partial charge in [-0.3, -0.25) is 0 Å². The molecule has 0 radical (unpaired) electrons. The average molecular weight is 182 g/mol. The van der Waals surface area contributed by atoms with E-state index in [1.807, 2.05) is 0 Å². The maximum absolute atomic E-state index is 6.03. The van der Waals surface area contributed by atoms with Crippen LogP contribution >= 0.6 is 11.3 Å². The van der Waals surface area contributed by atoms with Gasteiger partial charge in [0.2, 0.25) is 0 Å². The molecule has 0 spiro atoms. The van der Waals surface area contributed by atoms with Crippen molar-refractivity contribution < 1.29 is 0 Å². The fraction of sp³-hybridized carbons (Fsp3) is 0.667. The lowest BCUT2D eigenvalue weighted by molar-refractivity contribution is 0.628. The number of hydrogen-bond acceptors (Lipinski definition) is 3. The zero-order valence-corrected chi connectivity index (χ0v) is 8.32. The van der Waals surface area contributed by atoms with Crippen molar-refractivity contribution in [2.75, 3.05) is 0 Å². The molecule has 1 aromatic heterocycles. The summed E-state index contributed by atoms with van der Waals surface area (Å²) in [6, 6.07) is 0.211. The minimum absolute atomic E-state index is 0.211. The van der Waals surface area contributed by atoms with Gasteiger partial charge in [0.15, 0.2) is 0 Å². The maximum Gasteiger partial charge on any atom is 0.110 e. The Morgan fingerprint density at radius 2 is 2.17 bits per heavy atom. The van der Waals surface area contributed by atoms with E-state index in [1.165, 1.54) is 17.7 Å². The molecule has 2 N–H and O–H groups in total. The van der Waals surface area contributed by atoms with Crippen molar-refractivity contribution in [2.24, 2.45) is 11.7 Å². The molecule has 66 valence electrons. The molecular formula is C9H14N2S. The Morgan fingerprint density at radius 3 is 2.58 bits per heavy atom. The quantitative estimate of drug-likeness (QED) is 0.761. The summed E-state index contributed by atoms with van der Waals surface area (Å²) in [5, 5.41) is 1.13. The fourth-order valence-electron chi connectivity index (χ4n) is 1.30. The topological polar surface area (TPSA) is 38.9 Å². The first-order valence-corrected chi connectivity index (χ1v) is 5.19. The first kappa shape index (κ1) is 8.20. The van der Waals surface area contributed by atoms with Gasteiger partial charge in [0.05, 0.1) is 11.7 Å². The Morgan fingerprint density at radius 1 is 1.50 bits per heavy atom. The van der Waals surface area contributed by atoms with Crippen molar-refractivity contribution in [1.29, 1.82) is 0 Å². The van der Waals surface area contributed by atoms with Gasteiger partial charge in [-0.25, -0.2) is 4.98 Å². The van der Waals surface area contributed by atoms with Crippen molar-refractivity contribution in [3.8, 4) is 0 Å². The van der Waals surface area contributed by atoms with E-state index in [0.29, 0.717) is 0 Å². The average Bonchev–Trinajstić information content (AvgIpc) is 2.80. The number of nitrogens with zero attached hydrogens (tertiary/aromatic N) is 1. The van der Waals surface area contributed by atoms with Crippen LogP contribution in [0.3, 0.4) is 0 Å².